The van der Waals surface area contributed by atoms with E-state index >= 15 is 0 Å². The normalized spacial score (nSPS) is 16.5. The molecule has 22 heavy (non-hydrogen) atoms. The second kappa shape index (κ2) is 7.53. The summed E-state index contributed by atoms with van der Waals surface area (Å²) in [5.41, 5.74) is 1.15. The zero-order chi connectivity index (χ0) is 14.7. The van der Waals surface area contributed by atoms with Crippen LogP contribution in [-0.4, -0.2) is 12.5 Å². The smallest absolute Gasteiger partial charge is 0.192 e. The molecular formula is C16H16F2IN3. The van der Waals surface area contributed by atoms with Gasteiger partial charge in [0.15, 0.2) is 5.96 Å². The molecule has 1 heterocycles. The van der Waals surface area contributed by atoms with Gasteiger partial charge in [0.05, 0.1) is 12.6 Å². The van der Waals surface area contributed by atoms with Crippen molar-refractivity contribution in [1.82, 2.24) is 10.6 Å². The maximum Gasteiger partial charge on any atom is 0.192 e. The molecule has 3 rings (SSSR count). The Bertz CT molecular complexity index is 641. The molecule has 0 fully saturated rings. The molecule has 0 radical (unpaired) electrons. The van der Waals surface area contributed by atoms with Gasteiger partial charge in [-0.05, 0) is 17.7 Å². The van der Waals surface area contributed by atoms with Crippen molar-refractivity contribution < 1.29 is 8.78 Å². The van der Waals surface area contributed by atoms with Crippen molar-refractivity contribution in [2.45, 2.75) is 12.6 Å². The lowest BCUT2D eigenvalue weighted by Gasteiger charge is -2.14. The third kappa shape index (κ3) is 3.73. The first-order chi connectivity index (χ1) is 10.2. The lowest BCUT2D eigenvalue weighted by atomic mass is 10.1. The van der Waals surface area contributed by atoms with E-state index in [4.69, 9.17) is 0 Å². The van der Waals surface area contributed by atoms with Gasteiger partial charge in [0, 0.05) is 12.1 Å². The predicted molar refractivity (Wildman–Crippen MR) is 93.2 cm³/mol. The second-order valence-corrected chi connectivity index (χ2v) is 4.86. The quantitative estimate of drug-likeness (QED) is 0.755. The third-order valence-corrected chi connectivity index (χ3v) is 3.39. The van der Waals surface area contributed by atoms with Crippen LogP contribution >= 0.6 is 24.0 Å². The summed E-state index contributed by atoms with van der Waals surface area (Å²) in [7, 11) is 0. The molecular weight excluding hydrogens is 399 g/mol. The first-order valence-corrected chi connectivity index (χ1v) is 6.77. The van der Waals surface area contributed by atoms with Crippen LogP contribution in [0.2, 0.25) is 0 Å². The van der Waals surface area contributed by atoms with Crippen LogP contribution in [0, 0.1) is 11.6 Å². The van der Waals surface area contributed by atoms with Gasteiger partial charge in [0.1, 0.15) is 11.6 Å². The molecule has 1 atom stereocenters. The van der Waals surface area contributed by atoms with Gasteiger partial charge in [-0.3, -0.25) is 4.99 Å². The predicted octanol–water partition coefficient (Wildman–Crippen LogP) is 3.37. The highest BCUT2D eigenvalue weighted by molar-refractivity contribution is 14.0. The minimum atomic E-state index is -0.549. The number of hydrogen-bond donors (Lipinski definition) is 2. The van der Waals surface area contributed by atoms with E-state index in [2.05, 4.69) is 15.6 Å². The van der Waals surface area contributed by atoms with Crippen molar-refractivity contribution in [2.75, 3.05) is 6.54 Å². The van der Waals surface area contributed by atoms with Crippen molar-refractivity contribution >= 4 is 29.9 Å². The molecule has 0 spiro atoms. The van der Waals surface area contributed by atoms with E-state index in [1.165, 1.54) is 18.2 Å². The van der Waals surface area contributed by atoms with E-state index in [0.29, 0.717) is 19.0 Å². The van der Waals surface area contributed by atoms with Crippen LogP contribution in [0.15, 0.2) is 53.5 Å². The Balaban J connectivity index is 0.00000176. The van der Waals surface area contributed by atoms with Crippen molar-refractivity contribution in [3.63, 3.8) is 0 Å². The van der Waals surface area contributed by atoms with E-state index in [1.54, 1.807) is 0 Å². The minimum absolute atomic E-state index is 0. The Morgan fingerprint density at radius 2 is 1.73 bits per heavy atom. The van der Waals surface area contributed by atoms with Gasteiger partial charge in [-0.1, -0.05) is 36.4 Å². The molecule has 0 amide bonds. The molecule has 0 saturated carbocycles. The Morgan fingerprint density at radius 3 is 2.41 bits per heavy atom. The highest BCUT2D eigenvalue weighted by Gasteiger charge is 2.24. The van der Waals surface area contributed by atoms with Crippen LogP contribution in [0.4, 0.5) is 8.78 Å². The SMILES string of the molecule is Fc1cccc(F)c1C1CN=C(NCc2ccccc2)N1.I. The van der Waals surface area contributed by atoms with Crippen LogP contribution in [0.1, 0.15) is 17.2 Å². The molecule has 0 aromatic heterocycles. The summed E-state index contributed by atoms with van der Waals surface area (Å²) >= 11 is 0. The van der Waals surface area contributed by atoms with E-state index in [0.717, 1.165) is 5.56 Å². The molecule has 2 aromatic rings. The Morgan fingerprint density at radius 1 is 1.05 bits per heavy atom. The molecule has 0 saturated heterocycles. The molecule has 0 bridgehead atoms. The Labute approximate surface area is 144 Å². The molecule has 0 aliphatic carbocycles. The van der Waals surface area contributed by atoms with Crippen LogP contribution < -0.4 is 10.6 Å². The summed E-state index contributed by atoms with van der Waals surface area (Å²) in [5, 5.41) is 6.15. The summed E-state index contributed by atoms with van der Waals surface area (Å²) in [4.78, 5) is 4.25. The van der Waals surface area contributed by atoms with Crippen LogP contribution in [0.5, 0.6) is 0 Å². The van der Waals surface area contributed by atoms with E-state index in [-0.39, 0.29) is 29.5 Å². The summed E-state index contributed by atoms with van der Waals surface area (Å²) < 4.78 is 27.5. The van der Waals surface area contributed by atoms with Gasteiger partial charge in [-0.25, -0.2) is 8.78 Å². The average molecular weight is 415 g/mol. The molecule has 116 valence electrons. The van der Waals surface area contributed by atoms with Crippen LogP contribution in [0.25, 0.3) is 0 Å². The number of guanidine groups is 1. The van der Waals surface area contributed by atoms with Gasteiger partial charge in [0.25, 0.3) is 0 Å². The van der Waals surface area contributed by atoms with Gasteiger partial charge < -0.3 is 10.6 Å². The largest absolute Gasteiger partial charge is 0.352 e. The molecule has 1 aliphatic heterocycles. The molecule has 1 aliphatic rings. The summed E-state index contributed by atoms with van der Waals surface area (Å²) in [5.74, 6) is -0.537. The maximum atomic E-state index is 13.7. The summed E-state index contributed by atoms with van der Waals surface area (Å²) in [6, 6.07) is 13.3. The van der Waals surface area contributed by atoms with Crippen molar-refractivity contribution in [3.05, 3.63) is 71.3 Å². The first-order valence-electron chi connectivity index (χ1n) is 6.77. The minimum Gasteiger partial charge on any atom is -0.352 e. The first kappa shape index (κ1) is 16.7. The van der Waals surface area contributed by atoms with Gasteiger partial charge >= 0.3 is 0 Å². The van der Waals surface area contributed by atoms with Crippen molar-refractivity contribution in [3.8, 4) is 0 Å². The zero-order valence-electron chi connectivity index (χ0n) is 11.7. The number of aliphatic imine (C=N–C) groups is 1. The standard InChI is InChI=1S/C16H15F2N3.HI/c17-12-7-4-8-13(18)15(12)14-10-20-16(21-14)19-9-11-5-2-1-3-6-11;/h1-8,14H,9-10H2,(H2,19,20,21);1H. The summed E-state index contributed by atoms with van der Waals surface area (Å²) in [6.45, 7) is 0.925. The van der Waals surface area contributed by atoms with Gasteiger partial charge in [-0.15, -0.1) is 24.0 Å². The van der Waals surface area contributed by atoms with Crippen LogP contribution in [-0.2, 0) is 6.54 Å². The maximum absolute atomic E-state index is 13.7. The van der Waals surface area contributed by atoms with E-state index in [1.807, 2.05) is 30.3 Å². The van der Waals surface area contributed by atoms with Gasteiger partial charge in [-0.2, -0.15) is 0 Å². The molecule has 1 unspecified atom stereocenters. The van der Waals surface area contributed by atoms with E-state index in [9.17, 15) is 8.78 Å². The van der Waals surface area contributed by atoms with Crippen molar-refractivity contribution in [1.29, 1.82) is 0 Å². The molecule has 2 aromatic carbocycles. The Hall–Kier alpha value is -1.70. The number of benzene rings is 2. The fourth-order valence-corrected chi connectivity index (χ4v) is 2.33. The second-order valence-electron chi connectivity index (χ2n) is 4.86. The zero-order valence-corrected chi connectivity index (χ0v) is 14.1. The lowest BCUT2D eigenvalue weighted by molar-refractivity contribution is 0.520. The highest BCUT2D eigenvalue weighted by Crippen LogP contribution is 2.23. The number of nitrogens with zero attached hydrogens (tertiary/aromatic N) is 1. The Kier molecular flexibility index (Phi) is 5.70. The number of hydrogen-bond acceptors (Lipinski definition) is 3. The fraction of sp³-hybridized carbons (Fsp3) is 0.188. The summed E-state index contributed by atoms with van der Waals surface area (Å²) in [6.07, 6.45) is 0. The molecule has 3 nitrogen and oxygen atoms in total. The average Bonchev–Trinajstić information content (AvgIpc) is 2.95. The monoisotopic (exact) mass is 415 g/mol. The molecule has 2 N–H and O–H groups in total. The van der Waals surface area contributed by atoms with Crippen molar-refractivity contribution in [2.24, 2.45) is 4.99 Å². The third-order valence-electron chi connectivity index (χ3n) is 3.39. The lowest BCUT2D eigenvalue weighted by Crippen LogP contribution is -2.35. The van der Waals surface area contributed by atoms with Crippen LogP contribution in [0.3, 0.4) is 0 Å². The van der Waals surface area contributed by atoms with E-state index < -0.39 is 17.7 Å². The molecule has 6 heteroatoms. The van der Waals surface area contributed by atoms with Gasteiger partial charge in [0.2, 0.25) is 0 Å². The number of nitrogens with one attached hydrogen (secondary N) is 2. The number of halogens is 3. The topological polar surface area (TPSA) is 36.4 Å². The fourth-order valence-electron chi connectivity index (χ4n) is 2.33. The highest BCUT2D eigenvalue weighted by atomic mass is 127. The number of rotatable bonds is 3.